The largest absolute Gasteiger partial charge is 0.457 e. The van der Waals surface area contributed by atoms with Crippen LogP contribution >= 0.6 is 0 Å². The molecule has 192 valence electrons. The van der Waals surface area contributed by atoms with Gasteiger partial charge in [0, 0.05) is 17.4 Å². The first-order chi connectivity index (χ1) is 18.7. The Morgan fingerprint density at radius 2 is 1.53 bits per heavy atom. The van der Waals surface area contributed by atoms with Gasteiger partial charge in [0.1, 0.15) is 23.7 Å². The molecule has 9 heteroatoms. The summed E-state index contributed by atoms with van der Waals surface area (Å²) in [5, 5.41) is 6.07. The Bertz CT molecular complexity index is 1370. The number of rotatable bonds is 7. The van der Waals surface area contributed by atoms with Crippen LogP contribution in [0.1, 0.15) is 0 Å². The van der Waals surface area contributed by atoms with Crippen LogP contribution in [0.3, 0.4) is 0 Å². The van der Waals surface area contributed by atoms with Crippen LogP contribution in [-0.4, -0.2) is 53.6 Å². The number of nitrogens with one attached hydrogen (secondary N) is 2. The van der Waals surface area contributed by atoms with E-state index in [1.165, 1.54) is 0 Å². The van der Waals surface area contributed by atoms with Gasteiger partial charge in [-0.25, -0.2) is 14.8 Å². The van der Waals surface area contributed by atoms with Crippen LogP contribution in [0.15, 0.2) is 97.2 Å². The number of aromatic nitrogens is 2. The molecule has 0 aliphatic carbocycles. The van der Waals surface area contributed by atoms with E-state index in [0.717, 1.165) is 17.0 Å². The first kappa shape index (κ1) is 23.9. The Morgan fingerprint density at radius 3 is 2.32 bits per heavy atom. The van der Waals surface area contributed by atoms with Crippen LogP contribution in [0.5, 0.6) is 11.5 Å². The summed E-state index contributed by atoms with van der Waals surface area (Å²) in [6, 6.07) is 28.2. The molecule has 4 atom stereocenters. The Balaban J connectivity index is 1.02. The van der Waals surface area contributed by atoms with Crippen LogP contribution in [0.4, 0.5) is 16.4 Å². The molecule has 4 aromatic rings. The van der Waals surface area contributed by atoms with Crippen LogP contribution in [0.25, 0.3) is 11.3 Å². The smallest absolute Gasteiger partial charge is 0.412 e. The van der Waals surface area contributed by atoms with Gasteiger partial charge in [0.2, 0.25) is 5.95 Å². The molecule has 1 amide bonds. The topological polar surface area (TPSA) is 104 Å². The van der Waals surface area contributed by atoms with Gasteiger partial charge in [0.15, 0.2) is 6.10 Å². The molecule has 6 rings (SSSR count). The number of carbonyl (C=O) groups is 1. The minimum absolute atomic E-state index is 0.167. The molecule has 2 fully saturated rings. The third kappa shape index (κ3) is 5.44. The molecule has 3 heterocycles. The highest BCUT2D eigenvalue weighted by atomic mass is 16.6. The number of benzene rings is 3. The first-order valence-corrected chi connectivity index (χ1v) is 12.4. The minimum atomic E-state index is -0.574. The Labute approximate surface area is 219 Å². The van der Waals surface area contributed by atoms with Crippen LogP contribution in [0.2, 0.25) is 0 Å². The highest BCUT2D eigenvalue weighted by molar-refractivity contribution is 5.84. The van der Waals surface area contributed by atoms with Gasteiger partial charge >= 0.3 is 6.09 Å². The van der Waals surface area contributed by atoms with Gasteiger partial charge in [-0.1, -0.05) is 48.5 Å². The molecule has 9 nitrogen and oxygen atoms in total. The first-order valence-electron chi connectivity index (χ1n) is 12.4. The maximum absolute atomic E-state index is 12.6. The normalized spacial score (nSPS) is 21.9. The number of fused-ring (bicyclic) bond motifs is 1. The van der Waals surface area contributed by atoms with Crippen molar-refractivity contribution in [3.63, 3.8) is 0 Å². The van der Waals surface area contributed by atoms with Crippen molar-refractivity contribution in [1.82, 2.24) is 9.97 Å². The van der Waals surface area contributed by atoms with Crippen molar-refractivity contribution in [2.75, 3.05) is 23.8 Å². The number of carbonyl (C=O) groups excluding carboxylic acids is 1. The number of anilines is 2. The van der Waals surface area contributed by atoms with Crippen LogP contribution in [0, 0.1) is 0 Å². The molecule has 0 spiro atoms. The molecular weight excluding hydrogens is 484 g/mol. The maximum atomic E-state index is 12.6. The second-order valence-corrected chi connectivity index (χ2v) is 8.99. The monoisotopic (exact) mass is 510 g/mol. The SMILES string of the molecule is O=C(Nc1ccc(Oc2ccccc2)cc1)OC1COC2C(Nc3nccc(-c4ccccc4)n3)COC12. The third-order valence-corrected chi connectivity index (χ3v) is 6.39. The van der Waals surface area contributed by atoms with Crippen molar-refractivity contribution < 1.29 is 23.7 Å². The van der Waals surface area contributed by atoms with Gasteiger partial charge in [0.25, 0.3) is 0 Å². The minimum Gasteiger partial charge on any atom is -0.457 e. The number of nitrogens with zero attached hydrogens (tertiary/aromatic N) is 2. The Hall–Kier alpha value is -4.47. The van der Waals surface area contributed by atoms with Crippen molar-refractivity contribution in [1.29, 1.82) is 0 Å². The predicted octanol–water partition coefficient (Wildman–Crippen LogP) is 5.13. The summed E-state index contributed by atoms with van der Waals surface area (Å²) < 4.78 is 23.3. The molecular formula is C29H26N4O5. The third-order valence-electron chi connectivity index (χ3n) is 6.39. The fourth-order valence-corrected chi connectivity index (χ4v) is 4.57. The van der Waals surface area contributed by atoms with Crippen molar-refractivity contribution in [2.24, 2.45) is 0 Å². The Kier molecular flexibility index (Phi) is 6.84. The van der Waals surface area contributed by atoms with Gasteiger partial charge in [-0.05, 0) is 42.5 Å². The lowest BCUT2D eigenvalue weighted by Crippen LogP contribution is -2.38. The van der Waals surface area contributed by atoms with Gasteiger partial charge in [-0.2, -0.15) is 0 Å². The molecule has 1 aromatic heterocycles. The summed E-state index contributed by atoms with van der Waals surface area (Å²) in [5.41, 5.74) is 2.42. The summed E-state index contributed by atoms with van der Waals surface area (Å²) >= 11 is 0. The molecule has 0 bridgehead atoms. The van der Waals surface area contributed by atoms with E-state index in [0.29, 0.717) is 24.0 Å². The lowest BCUT2D eigenvalue weighted by molar-refractivity contribution is 0.00917. The average Bonchev–Trinajstić information content (AvgIpc) is 3.54. The standard InChI is InChI=1S/C29H26N4O5/c34-29(31-20-11-13-22(14-12-20)37-21-9-5-2-6-10-21)38-25-18-36-26-24(17-35-27(25)26)33-28-30-16-15-23(32-28)19-7-3-1-4-8-19/h1-16,24-27H,17-18H2,(H,31,34)(H,30,32,33). The zero-order valence-electron chi connectivity index (χ0n) is 20.4. The van der Waals surface area contributed by atoms with Crippen LogP contribution in [-0.2, 0) is 14.2 Å². The summed E-state index contributed by atoms with van der Waals surface area (Å²) in [6.45, 7) is 0.633. The molecule has 2 N–H and O–H groups in total. The second-order valence-electron chi connectivity index (χ2n) is 8.99. The van der Waals surface area contributed by atoms with Gasteiger partial charge < -0.3 is 24.3 Å². The van der Waals surface area contributed by atoms with E-state index in [1.54, 1.807) is 30.5 Å². The predicted molar refractivity (Wildman–Crippen MR) is 141 cm³/mol. The fourth-order valence-electron chi connectivity index (χ4n) is 4.57. The fraction of sp³-hybridized carbons (Fsp3) is 0.207. The number of ether oxygens (including phenoxy) is 4. The van der Waals surface area contributed by atoms with E-state index < -0.39 is 12.2 Å². The van der Waals surface area contributed by atoms with Crippen molar-refractivity contribution in [3.05, 3.63) is 97.2 Å². The van der Waals surface area contributed by atoms with E-state index >= 15 is 0 Å². The molecule has 2 saturated heterocycles. The molecule has 38 heavy (non-hydrogen) atoms. The molecule has 4 unspecified atom stereocenters. The molecule has 2 aliphatic heterocycles. The maximum Gasteiger partial charge on any atom is 0.412 e. The van der Waals surface area contributed by atoms with Crippen molar-refractivity contribution in [2.45, 2.75) is 24.4 Å². The zero-order valence-corrected chi connectivity index (χ0v) is 20.4. The quantitative estimate of drug-likeness (QED) is 0.353. The van der Waals surface area contributed by atoms with E-state index in [2.05, 4.69) is 20.6 Å². The van der Waals surface area contributed by atoms with E-state index in [9.17, 15) is 4.79 Å². The highest BCUT2D eigenvalue weighted by Gasteiger charge is 2.49. The lowest BCUT2D eigenvalue weighted by Gasteiger charge is -2.18. The number of hydrogen-bond acceptors (Lipinski definition) is 8. The van der Waals surface area contributed by atoms with E-state index in [1.807, 2.05) is 66.7 Å². The van der Waals surface area contributed by atoms with Crippen LogP contribution < -0.4 is 15.4 Å². The van der Waals surface area contributed by atoms with Crippen molar-refractivity contribution >= 4 is 17.7 Å². The average molecular weight is 511 g/mol. The molecule has 0 radical (unpaired) electrons. The van der Waals surface area contributed by atoms with Gasteiger partial charge in [-0.3, -0.25) is 5.32 Å². The van der Waals surface area contributed by atoms with Gasteiger partial charge in [0.05, 0.1) is 24.9 Å². The summed E-state index contributed by atoms with van der Waals surface area (Å²) in [7, 11) is 0. The summed E-state index contributed by atoms with van der Waals surface area (Å²) in [4.78, 5) is 21.5. The second kappa shape index (κ2) is 10.9. The van der Waals surface area contributed by atoms with E-state index in [-0.39, 0.29) is 24.9 Å². The van der Waals surface area contributed by atoms with E-state index in [4.69, 9.17) is 18.9 Å². The zero-order chi connectivity index (χ0) is 25.7. The number of amides is 1. The summed E-state index contributed by atoms with van der Waals surface area (Å²) in [5.74, 6) is 1.90. The lowest BCUT2D eigenvalue weighted by atomic mass is 10.1. The Morgan fingerprint density at radius 1 is 0.816 bits per heavy atom. The molecule has 2 aliphatic rings. The highest BCUT2D eigenvalue weighted by Crippen LogP contribution is 2.31. The number of para-hydroxylation sites is 1. The van der Waals surface area contributed by atoms with Gasteiger partial charge in [-0.15, -0.1) is 0 Å². The molecule has 0 saturated carbocycles. The molecule has 3 aromatic carbocycles. The number of hydrogen-bond donors (Lipinski definition) is 2. The summed E-state index contributed by atoms with van der Waals surface area (Å²) in [6.07, 6.45) is -0.0424. The van der Waals surface area contributed by atoms with Crippen molar-refractivity contribution in [3.8, 4) is 22.8 Å².